The third-order valence-corrected chi connectivity index (χ3v) is 18.4. The molecule has 43 heteroatoms. The van der Waals surface area contributed by atoms with Gasteiger partial charge in [0, 0.05) is 50.3 Å². The maximum atomic E-state index is 13.2. The van der Waals surface area contributed by atoms with Gasteiger partial charge in [0.1, 0.15) is 35.1 Å². The Morgan fingerprint density at radius 2 is 0.589 bits per heavy atom. The van der Waals surface area contributed by atoms with Gasteiger partial charge in [-0.2, -0.15) is 0 Å². The van der Waals surface area contributed by atoms with E-state index < -0.39 is 112 Å². The SMILES string of the molecule is CC(C)(C)OC(=O)CCOCCOCCOCCOCCOCCN.CC(C)(C)OC(=O)CCOCCOCCOCCOCCOCCNc1ccc2c(c1)C(=O)N(C1CCC(=O)NC1=O)C2=O.O=C(O)CCOCCOCCOCCOCCOCCNc1ccc2c(c1)C(=O)N(C1CCC(=O)NC1=O)C2=O.O=C1CCC(N2C(=O)c3ccc(F)cc3C2=O)C(=O)N1. The number of carbonyl (C=O) groups excluding carboxylic acids is 14. The van der Waals surface area contributed by atoms with Crippen LogP contribution in [0.2, 0.25) is 0 Å². The van der Waals surface area contributed by atoms with Gasteiger partial charge in [-0.15, -0.1) is 0 Å². The van der Waals surface area contributed by atoms with Crippen LogP contribution in [0.1, 0.15) is 161 Å². The second-order valence-electron chi connectivity index (χ2n) is 30.7. The zero-order valence-corrected chi connectivity index (χ0v) is 73.9. The summed E-state index contributed by atoms with van der Waals surface area (Å²) >= 11 is 0. The number of nitrogens with one attached hydrogen (secondary N) is 5. The number of hydrogen-bond acceptors (Lipinski definition) is 35. The third-order valence-electron chi connectivity index (χ3n) is 18.4. The van der Waals surface area contributed by atoms with E-state index in [4.69, 9.17) is 91.4 Å². The van der Waals surface area contributed by atoms with Crippen molar-refractivity contribution < 1.29 is 162 Å². The smallest absolute Gasteiger partial charge is 0.308 e. The molecule has 716 valence electrons. The molecule has 9 rings (SSSR count). The fourth-order valence-electron chi connectivity index (χ4n) is 12.4. The van der Waals surface area contributed by atoms with Crippen molar-refractivity contribution in [3.05, 3.63) is 93.8 Å². The summed E-state index contributed by atoms with van der Waals surface area (Å²) in [6.45, 7) is 25.1. The van der Waals surface area contributed by atoms with E-state index in [1.165, 1.54) is 6.07 Å². The molecule has 6 aliphatic rings. The van der Waals surface area contributed by atoms with E-state index in [0.717, 1.165) is 26.8 Å². The minimum absolute atomic E-state index is 0.0243. The van der Waals surface area contributed by atoms with Crippen molar-refractivity contribution in [2.45, 2.75) is 129 Å². The second kappa shape index (κ2) is 59.2. The first-order valence-corrected chi connectivity index (χ1v) is 42.6. The summed E-state index contributed by atoms with van der Waals surface area (Å²) in [7, 11) is 0. The standard InChI is InChI=1S/C30H43N3O11.C26H35N3O11.C17H35NO7.C13H9FN2O4/c1-30(2,3)44-26(35)8-10-39-12-14-41-16-18-43-19-17-42-15-13-40-11-9-31-21-4-5-22-23(20-21)29(38)33(28(22)37)24-6-7-25(34)32-27(24)36;30-22-4-3-21(24(33)28-22)29-25(34)19-2-1-18(17-20(19)26(29)35)27-6-8-37-10-12-39-14-16-40-15-13-38-11-9-36-7-5-23(31)32;1-17(2,3)25-16(19)4-6-20-8-10-22-12-14-24-15-13-23-11-9-21-7-5-18;14-6-1-2-7-8(5-6)13(20)16(12(7)19)9-3-4-10(17)15-11(9)18/h4-5,20,24,31H,6-19H2,1-3H3,(H,32,34,36);1-2,17,21,27H,3-16H2,(H,31,32)(H,28,30,33);4-15,18H2,1-3H3;1-2,5,9H,3-4H2,(H,15,17,18). The highest BCUT2D eigenvalue weighted by Gasteiger charge is 2.48. The Morgan fingerprint density at radius 3 is 0.853 bits per heavy atom. The monoisotopic (exact) mass is 1830 g/mol. The zero-order chi connectivity index (χ0) is 93.9. The van der Waals surface area contributed by atoms with Crippen molar-refractivity contribution >= 4 is 100 Å². The largest absolute Gasteiger partial charge is 0.481 e. The Kier molecular flexibility index (Phi) is 49.3. The van der Waals surface area contributed by atoms with Gasteiger partial charge in [-0.05, 0) is 115 Å². The quantitative estimate of drug-likeness (QED) is 0.0242. The van der Waals surface area contributed by atoms with Gasteiger partial charge in [-0.3, -0.25) is 103 Å². The van der Waals surface area contributed by atoms with Crippen LogP contribution in [0.4, 0.5) is 15.8 Å². The van der Waals surface area contributed by atoms with Crippen molar-refractivity contribution in [2.75, 3.05) is 228 Å². The van der Waals surface area contributed by atoms with E-state index in [9.17, 15) is 76.3 Å². The number of carboxylic acid groups (broad SMARTS) is 1. The van der Waals surface area contributed by atoms with Gasteiger partial charge >= 0.3 is 17.9 Å². The number of ether oxygens (including phenoxy) is 17. The number of rotatable bonds is 58. The molecule has 3 atom stereocenters. The number of piperidine rings is 3. The van der Waals surface area contributed by atoms with E-state index in [2.05, 4.69) is 26.6 Å². The predicted molar refractivity (Wildman–Crippen MR) is 451 cm³/mol. The molecule has 3 unspecified atom stereocenters. The zero-order valence-electron chi connectivity index (χ0n) is 73.9. The molecule has 0 aliphatic carbocycles. The molecule has 6 heterocycles. The van der Waals surface area contributed by atoms with Crippen LogP contribution in [0.15, 0.2) is 54.6 Å². The summed E-state index contributed by atoms with van der Waals surface area (Å²) in [6.07, 6.45) is 0.938. The van der Waals surface area contributed by atoms with Crippen LogP contribution in [0.5, 0.6) is 0 Å². The number of nitrogens with zero attached hydrogens (tertiary/aromatic N) is 3. The molecule has 6 aliphatic heterocycles. The number of anilines is 2. The van der Waals surface area contributed by atoms with Crippen molar-refractivity contribution in [3.63, 3.8) is 0 Å². The highest BCUT2D eigenvalue weighted by atomic mass is 19.1. The van der Waals surface area contributed by atoms with Gasteiger partial charge in [-0.1, -0.05) is 0 Å². The van der Waals surface area contributed by atoms with Crippen LogP contribution in [0.25, 0.3) is 0 Å². The van der Waals surface area contributed by atoms with Gasteiger partial charge in [0.25, 0.3) is 35.4 Å². The van der Waals surface area contributed by atoms with Gasteiger partial charge in [0.15, 0.2) is 0 Å². The molecular weight excluding hydrogens is 1710 g/mol. The van der Waals surface area contributed by atoms with Crippen molar-refractivity contribution in [1.29, 1.82) is 0 Å². The number of imide groups is 6. The van der Waals surface area contributed by atoms with Gasteiger partial charge < -0.3 is 102 Å². The van der Waals surface area contributed by atoms with E-state index in [-0.39, 0.29) is 110 Å². The number of amides is 12. The van der Waals surface area contributed by atoms with Crippen LogP contribution >= 0.6 is 0 Å². The maximum Gasteiger partial charge on any atom is 0.308 e. The molecule has 8 N–H and O–H groups in total. The second-order valence-corrected chi connectivity index (χ2v) is 30.7. The molecule has 0 bridgehead atoms. The molecule has 0 saturated carbocycles. The maximum absolute atomic E-state index is 13.2. The Morgan fingerprint density at radius 1 is 0.349 bits per heavy atom. The number of benzene rings is 3. The number of halogens is 1. The normalized spacial score (nSPS) is 16.6. The summed E-state index contributed by atoms with van der Waals surface area (Å²) in [6, 6.07) is 9.90. The lowest BCUT2D eigenvalue weighted by Crippen LogP contribution is -2.54. The summed E-state index contributed by atoms with van der Waals surface area (Å²) in [5, 5.41) is 21.2. The molecule has 12 amide bonds. The Balaban J connectivity index is 0.000000277. The van der Waals surface area contributed by atoms with Crippen molar-refractivity contribution in [1.82, 2.24) is 30.7 Å². The van der Waals surface area contributed by atoms with E-state index in [1.54, 1.807) is 36.4 Å². The Labute approximate surface area is 746 Å². The lowest BCUT2D eigenvalue weighted by Gasteiger charge is -2.27. The molecule has 0 aromatic heterocycles. The molecule has 3 fully saturated rings. The van der Waals surface area contributed by atoms with Crippen molar-refractivity contribution in [2.24, 2.45) is 5.73 Å². The number of esters is 2. The summed E-state index contributed by atoms with van der Waals surface area (Å²) < 4.78 is 104. The first kappa shape index (κ1) is 108. The lowest BCUT2D eigenvalue weighted by atomic mass is 10.0. The average Bonchev–Trinajstić information content (AvgIpc) is 1.62. The summed E-state index contributed by atoms with van der Waals surface area (Å²) in [4.78, 5) is 182. The lowest BCUT2D eigenvalue weighted by molar-refractivity contribution is -0.157. The molecular formula is C86H122FN9O33. The number of carbonyl (C=O) groups is 15. The first-order chi connectivity index (χ1) is 61.9. The number of aliphatic carboxylic acids is 1. The molecule has 3 saturated heterocycles. The molecule has 129 heavy (non-hydrogen) atoms. The topological polar surface area (TPSA) is 529 Å². The molecule has 3 aromatic carbocycles. The third kappa shape index (κ3) is 40.4. The van der Waals surface area contributed by atoms with E-state index in [0.29, 0.717) is 223 Å². The molecule has 42 nitrogen and oxygen atoms in total. The highest BCUT2D eigenvalue weighted by molar-refractivity contribution is 6.25. The first-order valence-electron chi connectivity index (χ1n) is 42.6. The summed E-state index contributed by atoms with van der Waals surface area (Å²) in [5.41, 5.74) is 6.52. The number of carboxylic acids is 1. The highest BCUT2D eigenvalue weighted by Crippen LogP contribution is 2.33. The van der Waals surface area contributed by atoms with Gasteiger partial charge in [0.2, 0.25) is 35.4 Å². The van der Waals surface area contributed by atoms with Crippen LogP contribution in [0, 0.1) is 5.82 Å². The summed E-state index contributed by atoms with van der Waals surface area (Å²) in [5.74, 6) is -8.82. The van der Waals surface area contributed by atoms with Crippen LogP contribution in [-0.4, -0.2) is 356 Å². The Bertz CT molecular complexity index is 4160. The van der Waals surface area contributed by atoms with Crippen LogP contribution in [0.3, 0.4) is 0 Å². The molecule has 0 spiro atoms. The van der Waals surface area contributed by atoms with Crippen molar-refractivity contribution in [3.8, 4) is 0 Å². The fraction of sp³-hybridized carbons (Fsp3) is 0.616. The van der Waals surface area contributed by atoms with E-state index in [1.807, 2.05) is 41.5 Å². The van der Waals surface area contributed by atoms with Gasteiger partial charge in [0.05, 0.1) is 251 Å². The molecule has 3 aromatic rings. The van der Waals surface area contributed by atoms with Crippen LogP contribution in [-0.2, 0) is 124 Å². The van der Waals surface area contributed by atoms with Crippen LogP contribution < -0.4 is 32.3 Å². The fourth-order valence-corrected chi connectivity index (χ4v) is 12.4. The molecule has 0 radical (unpaired) electrons. The minimum Gasteiger partial charge on any atom is -0.481 e. The number of fused-ring (bicyclic) bond motifs is 3. The average molecular weight is 1830 g/mol. The minimum atomic E-state index is -1.02. The van der Waals surface area contributed by atoms with Gasteiger partial charge in [-0.25, -0.2) is 4.39 Å². The number of hydrogen-bond donors (Lipinski definition) is 7. The van der Waals surface area contributed by atoms with E-state index >= 15 is 0 Å². The predicted octanol–water partition coefficient (Wildman–Crippen LogP) is 2.36. The number of nitrogens with two attached hydrogens (primary N) is 1. The Hall–Kier alpha value is -10.2.